The number of carbonyl (C=O) groups is 2. The van der Waals surface area contributed by atoms with E-state index in [4.69, 9.17) is 4.74 Å². The van der Waals surface area contributed by atoms with E-state index in [9.17, 15) is 9.59 Å². The van der Waals surface area contributed by atoms with E-state index in [1.807, 2.05) is 86.6 Å². The molecular formula is C32H38N2O3. The number of hydrogen-bond acceptors (Lipinski definition) is 3. The highest BCUT2D eigenvalue weighted by molar-refractivity contribution is 5.88. The number of amides is 2. The lowest BCUT2D eigenvalue weighted by molar-refractivity contribution is -0.143. The second-order valence-corrected chi connectivity index (χ2v) is 10.2. The molecule has 5 nitrogen and oxygen atoms in total. The average molecular weight is 499 g/mol. The minimum Gasteiger partial charge on any atom is -0.484 e. The van der Waals surface area contributed by atoms with E-state index in [-0.39, 0.29) is 24.5 Å². The quantitative estimate of drug-likeness (QED) is 0.386. The summed E-state index contributed by atoms with van der Waals surface area (Å²) in [5.74, 6) is 0.342. The molecule has 1 N–H and O–H groups in total. The maximum atomic E-state index is 13.8. The summed E-state index contributed by atoms with van der Waals surface area (Å²) in [4.78, 5) is 29.2. The van der Waals surface area contributed by atoms with Gasteiger partial charge in [0.15, 0.2) is 6.61 Å². The zero-order valence-electron chi connectivity index (χ0n) is 22.0. The number of carbonyl (C=O) groups excluding carboxylic acids is 2. The van der Waals surface area contributed by atoms with E-state index in [0.29, 0.717) is 18.7 Å². The van der Waals surface area contributed by atoms with Crippen LogP contribution in [0.5, 0.6) is 5.75 Å². The summed E-state index contributed by atoms with van der Waals surface area (Å²) in [7, 11) is 0. The normalized spacial score (nSPS) is 14.5. The number of aryl methyl sites for hydroxylation is 2. The average Bonchev–Trinajstić information content (AvgIpc) is 2.91. The molecule has 1 fully saturated rings. The number of ether oxygens (including phenoxy) is 1. The molecule has 5 heteroatoms. The maximum absolute atomic E-state index is 13.8. The van der Waals surface area contributed by atoms with Gasteiger partial charge >= 0.3 is 0 Å². The monoisotopic (exact) mass is 498 g/mol. The van der Waals surface area contributed by atoms with Gasteiger partial charge in [-0.3, -0.25) is 9.59 Å². The van der Waals surface area contributed by atoms with E-state index in [1.54, 1.807) is 4.90 Å². The smallest absolute Gasteiger partial charge is 0.261 e. The van der Waals surface area contributed by atoms with Crippen molar-refractivity contribution in [1.29, 1.82) is 0 Å². The third-order valence-electron chi connectivity index (χ3n) is 7.04. The van der Waals surface area contributed by atoms with Crippen molar-refractivity contribution in [2.24, 2.45) is 0 Å². The molecule has 0 unspecified atom stereocenters. The fraction of sp³-hybridized carbons (Fsp3) is 0.375. The Morgan fingerprint density at radius 3 is 2.27 bits per heavy atom. The molecule has 194 valence electrons. The molecule has 4 rings (SSSR count). The lowest BCUT2D eigenvalue weighted by Crippen LogP contribution is -2.53. The lowest BCUT2D eigenvalue weighted by Gasteiger charge is -2.33. The van der Waals surface area contributed by atoms with Gasteiger partial charge in [0.2, 0.25) is 5.91 Å². The summed E-state index contributed by atoms with van der Waals surface area (Å²) in [6.07, 6.45) is 5.91. The molecular weight excluding hydrogens is 460 g/mol. The Bertz CT molecular complexity index is 1150. The summed E-state index contributed by atoms with van der Waals surface area (Å²) in [6.45, 7) is 4.26. The Balaban J connectivity index is 1.60. The van der Waals surface area contributed by atoms with Gasteiger partial charge in [-0.2, -0.15) is 0 Å². The van der Waals surface area contributed by atoms with Crippen molar-refractivity contribution in [2.45, 2.75) is 71.0 Å². The number of benzene rings is 3. The minimum absolute atomic E-state index is 0.0907. The van der Waals surface area contributed by atoms with Crippen LogP contribution in [0, 0.1) is 13.8 Å². The molecule has 1 aliphatic rings. The highest BCUT2D eigenvalue weighted by Crippen LogP contribution is 2.20. The molecule has 0 spiro atoms. The van der Waals surface area contributed by atoms with E-state index >= 15 is 0 Å². The third-order valence-corrected chi connectivity index (χ3v) is 7.04. The van der Waals surface area contributed by atoms with Gasteiger partial charge in [0.05, 0.1) is 0 Å². The Hall–Kier alpha value is -3.60. The van der Waals surface area contributed by atoms with Crippen LogP contribution in [-0.4, -0.2) is 35.4 Å². The zero-order chi connectivity index (χ0) is 26.0. The fourth-order valence-electron chi connectivity index (χ4n) is 4.97. The Morgan fingerprint density at radius 2 is 1.57 bits per heavy atom. The van der Waals surface area contributed by atoms with Gasteiger partial charge in [0.25, 0.3) is 5.91 Å². The Kier molecular flexibility index (Phi) is 9.36. The van der Waals surface area contributed by atoms with Gasteiger partial charge in [0, 0.05) is 19.0 Å². The highest BCUT2D eigenvalue weighted by Gasteiger charge is 2.32. The van der Waals surface area contributed by atoms with Crippen LogP contribution in [0.1, 0.15) is 54.4 Å². The molecule has 0 saturated heterocycles. The van der Waals surface area contributed by atoms with Crippen LogP contribution < -0.4 is 10.1 Å². The van der Waals surface area contributed by atoms with Crippen LogP contribution in [0.25, 0.3) is 0 Å². The molecule has 3 aromatic carbocycles. The van der Waals surface area contributed by atoms with Gasteiger partial charge in [-0.1, -0.05) is 97.1 Å². The summed E-state index contributed by atoms with van der Waals surface area (Å²) in [6, 6.07) is 25.2. The first-order valence-corrected chi connectivity index (χ1v) is 13.4. The first-order chi connectivity index (χ1) is 18.0. The summed E-state index contributed by atoms with van der Waals surface area (Å²) >= 11 is 0. The maximum Gasteiger partial charge on any atom is 0.261 e. The number of rotatable bonds is 10. The summed E-state index contributed by atoms with van der Waals surface area (Å²) in [5.41, 5.74) is 4.26. The fourth-order valence-corrected chi connectivity index (χ4v) is 4.97. The van der Waals surface area contributed by atoms with Crippen molar-refractivity contribution in [3.05, 3.63) is 101 Å². The minimum atomic E-state index is -0.640. The molecule has 0 radical (unpaired) electrons. The van der Waals surface area contributed by atoms with Crippen molar-refractivity contribution >= 4 is 11.8 Å². The van der Waals surface area contributed by atoms with E-state index in [1.165, 1.54) is 6.42 Å². The molecule has 1 aliphatic carbocycles. The van der Waals surface area contributed by atoms with Gasteiger partial charge in [-0.15, -0.1) is 0 Å². The van der Waals surface area contributed by atoms with Crippen molar-refractivity contribution < 1.29 is 14.3 Å². The largest absolute Gasteiger partial charge is 0.484 e. The Labute approximate surface area is 220 Å². The van der Waals surface area contributed by atoms with Crippen molar-refractivity contribution in [1.82, 2.24) is 10.2 Å². The van der Waals surface area contributed by atoms with Crippen molar-refractivity contribution in [3.63, 3.8) is 0 Å². The Morgan fingerprint density at radius 1 is 0.865 bits per heavy atom. The molecule has 1 saturated carbocycles. The first kappa shape index (κ1) is 26.5. The molecule has 3 aromatic rings. The van der Waals surface area contributed by atoms with Crippen molar-refractivity contribution in [2.75, 3.05) is 6.61 Å². The summed E-state index contributed by atoms with van der Waals surface area (Å²) in [5, 5.41) is 3.28. The third kappa shape index (κ3) is 7.94. The molecule has 0 bridgehead atoms. The van der Waals surface area contributed by atoms with Crippen molar-refractivity contribution in [3.8, 4) is 5.75 Å². The highest BCUT2D eigenvalue weighted by atomic mass is 16.5. The predicted octanol–water partition coefficient (Wildman–Crippen LogP) is 5.77. The molecule has 37 heavy (non-hydrogen) atoms. The second kappa shape index (κ2) is 13.1. The standard InChI is InChI=1S/C32H38N2O3/c1-24-16-18-29(19-17-24)37-23-31(35)34(22-27-13-9-10-25(2)20-27)30(21-26-11-5-3-6-12-26)32(36)33-28-14-7-4-8-15-28/h3,5-6,9-13,16-20,28,30H,4,7-8,14-15,21-23H2,1-2H3,(H,33,36)/t30-/m0/s1. The number of hydrogen-bond donors (Lipinski definition) is 1. The van der Waals surface area contributed by atoms with Crippen LogP contribution >= 0.6 is 0 Å². The zero-order valence-corrected chi connectivity index (χ0v) is 22.0. The first-order valence-electron chi connectivity index (χ1n) is 13.4. The number of nitrogens with one attached hydrogen (secondary N) is 1. The van der Waals surface area contributed by atoms with Gasteiger partial charge < -0.3 is 15.0 Å². The molecule has 2 amide bonds. The molecule has 1 atom stereocenters. The molecule has 0 aromatic heterocycles. The molecule has 0 aliphatic heterocycles. The molecule has 0 heterocycles. The van der Waals surface area contributed by atoms with E-state index in [2.05, 4.69) is 11.4 Å². The second-order valence-electron chi connectivity index (χ2n) is 10.2. The van der Waals surface area contributed by atoms with E-state index in [0.717, 1.165) is 47.9 Å². The lowest BCUT2D eigenvalue weighted by atomic mass is 9.94. The van der Waals surface area contributed by atoms with Crippen LogP contribution in [0.15, 0.2) is 78.9 Å². The van der Waals surface area contributed by atoms with Gasteiger partial charge in [-0.25, -0.2) is 0 Å². The van der Waals surface area contributed by atoms with Gasteiger partial charge in [0.1, 0.15) is 11.8 Å². The van der Waals surface area contributed by atoms with Crippen LogP contribution in [0.2, 0.25) is 0 Å². The van der Waals surface area contributed by atoms with Gasteiger partial charge in [-0.05, 0) is 49.9 Å². The predicted molar refractivity (Wildman–Crippen MR) is 147 cm³/mol. The number of nitrogens with zero attached hydrogens (tertiary/aromatic N) is 1. The van der Waals surface area contributed by atoms with Crippen LogP contribution in [-0.2, 0) is 22.6 Å². The summed E-state index contributed by atoms with van der Waals surface area (Å²) < 4.78 is 5.87. The van der Waals surface area contributed by atoms with Crippen LogP contribution in [0.4, 0.5) is 0 Å². The topological polar surface area (TPSA) is 58.6 Å². The van der Waals surface area contributed by atoms with E-state index < -0.39 is 6.04 Å². The SMILES string of the molecule is Cc1ccc(OCC(=O)N(Cc2cccc(C)c2)[C@@H](Cc2ccccc2)C(=O)NC2CCCCC2)cc1. The van der Waals surface area contributed by atoms with Crippen LogP contribution in [0.3, 0.4) is 0 Å².